The van der Waals surface area contributed by atoms with Crippen molar-refractivity contribution in [3.8, 4) is 0 Å². The first-order valence-corrected chi connectivity index (χ1v) is 5.61. The molecule has 1 saturated heterocycles. The number of carbonyl (C=O) groups is 1. The molecule has 5 nitrogen and oxygen atoms in total. The third kappa shape index (κ3) is 2.57. The number of para-hydroxylation sites is 1. The second-order valence-electron chi connectivity index (χ2n) is 4.09. The number of anilines is 1. The van der Waals surface area contributed by atoms with Crippen LogP contribution in [-0.2, 0) is 4.74 Å². The van der Waals surface area contributed by atoms with Crippen molar-refractivity contribution in [1.82, 2.24) is 5.32 Å². The molecular formula is C12H17N3O2. The number of primary amides is 1. The monoisotopic (exact) mass is 235 g/mol. The Bertz CT molecular complexity index is 408. The molecule has 0 spiro atoms. The van der Waals surface area contributed by atoms with Gasteiger partial charge in [-0.25, -0.2) is 0 Å². The second-order valence-corrected chi connectivity index (χ2v) is 4.09. The minimum absolute atomic E-state index is 0.107. The van der Waals surface area contributed by atoms with Gasteiger partial charge in [0.2, 0.25) is 0 Å². The van der Waals surface area contributed by atoms with E-state index in [1.807, 2.05) is 12.1 Å². The fraction of sp³-hybridized carbons (Fsp3) is 0.417. The molecule has 1 unspecified atom stereocenters. The Morgan fingerprint density at radius 1 is 1.47 bits per heavy atom. The van der Waals surface area contributed by atoms with Gasteiger partial charge in [-0.05, 0) is 12.1 Å². The quantitative estimate of drug-likeness (QED) is 0.696. The number of hydrogen-bond donors (Lipinski definition) is 3. The number of nitrogens with two attached hydrogens (primary N) is 1. The van der Waals surface area contributed by atoms with Gasteiger partial charge in [0.25, 0.3) is 5.91 Å². The zero-order chi connectivity index (χ0) is 12.3. The Balaban J connectivity index is 2.15. The smallest absolute Gasteiger partial charge is 0.250 e. The van der Waals surface area contributed by atoms with E-state index in [-0.39, 0.29) is 12.1 Å². The largest absolute Gasteiger partial charge is 0.378 e. The Kier molecular flexibility index (Phi) is 3.61. The van der Waals surface area contributed by atoms with Gasteiger partial charge in [0.15, 0.2) is 0 Å². The highest BCUT2D eigenvalue weighted by atomic mass is 16.5. The highest BCUT2D eigenvalue weighted by Gasteiger charge is 2.27. The van der Waals surface area contributed by atoms with Crippen molar-refractivity contribution < 1.29 is 9.53 Å². The molecule has 1 aromatic carbocycles. The molecule has 17 heavy (non-hydrogen) atoms. The Morgan fingerprint density at radius 3 is 2.94 bits per heavy atom. The van der Waals surface area contributed by atoms with E-state index in [0.29, 0.717) is 5.56 Å². The number of hydrogen-bond acceptors (Lipinski definition) is 4. The number of ether oxygens (including phenoxy) is 1. The van der Waals surface area contributed by atoms with Gasteiger partial charge < -0.3 is 21.1 Å². The van der Waals surface area contributed by atoms with Gasteiger partial charge in [0, 0.05) is 25.9 Å². The third-order valence-corrected chi connectivity index (χ3v) is 2.99. The van der Waals surface area contributed by atoms with Gasteiger partial charge in [-0.15, -0.1) is 0 Å². The van der Waals surface area contributed by atoms with E-state index in [1.54, 1.807) is 19.2 Å². The number of benzene rings is 1. The number of amides is 1. The summed E-state index contributed by atoms with van der Waals surface area (Å²) in [5.41, 5.74) is 6.60. The fourth-order valence-corrected chi connectivity index (χ4v) is 2.07. The lowest BCUT2D eigenvalue weighted by Crippen LogP contribution is -2.34. The molecule has 1 amide bonds. The number of methoxy groups -OCH3 is 1. The van der Waals surface area contributed by atoms with Crippen LogP contribution in [0.4, 0.5) is 5.69 Å². The van der Waals surface area contributed by atoms with Gasteiger partial charge in [0.05, 0.1) is 17.7 Å². The maximum atomic E-state index is 11.3. The van der Waals surface area contributed by atoms with Crippen LogP contribution < -0.4 is 16.4 Å². The molecule has 1 aromatic rings. The Hall–Kier alpha value is -1.59. The van der Waals surface area contributed by atoms with Crippen molar-refractivity contribution in [1.29, 1.82) is 0 Å². The molecule has 1 fully saturated rings. The summed E-state index contributed by atoms with van der Waals surface area (Å²) in [5, 5.41) is 6.54. The summed E-state index contributed by atoms with van der Waals surface area (Å²) in [4.78, 5) is 11.3. The number of carbonyl (C=O) groups excluding carboxylic acids is 1. The van der Waals surface area contributed by atoms with Crippen LogP contribution in [0.3, 0.4) is 0 Å². The summed E-state index contributed by atoms with van der Waals surface area (Å²) in [7, 11) is 1.69. The van der Waals surface area contributed by atoms with Crippen LogP contribution in [0, 0.1) is 0 Å². The molecule has 1 aliphatic heterocycles. The highest BCUT2D eigenvalue weighted by Crippen LogP contribution is 2.18. The average molecular weight is 235 g/mol. The maximum absolute atomic E-state index is 11.3. The zero-order valence-corrected chi connectivity index (χ0v) is 9.77. The molecule has 4 N–H and O–H groups in total. The van der Waals surface area contributed by atoms with Gasteiger partial charge in [-0.3, -0.25) is 4.79 Å². The standard InChI is InChI=1S/C12H17N3O2/c1-17-11-7-14-6-10(11)15-9-5-3-2-4-8(9)12(13)16/h2-5,10-11,14-15H,6-7H2,1H3,(H2,13,16)/t10?,11-/m1/s1. The summed E-state index contributed by atoms with van der Waals surface area (Å²) >= 11 is 0. The van der Waals surface area contributed by atoms with E-state index in [4.69, 9.17) is 10.5 Å². The first kappa shape index (κ1) is 11.9. The topological polar surface area (TPSA) is 76.4 Å². The van der Waals surface area contributed by atoms with E-state index >= 15 is 0 Å². The van der Waals surface area contributed by atoms with Crippen LogP contribution in [-0.4, -0.2) is 38.3 Å². The number of rotatable bonds is 4. The first-order valence-electron chi connectivity index (χ1n) is 5.61. The second kappa shape index (κ2) is 5.16. The molecule has 1 heterocycles. The minimum Gasteiger partial charge on any atom is -0.378 e. The molecule has 0 saturated carbocycles. The van der Waals surface area contributed by atoms with E-state index in [9.17, 15) is 4.79 Å². The summed E-state index contributed by atoms with van der Waals surface area (Å²) in [6.07, 6.45) is 0.107. The van der Waals surface area contributed by atoms with Crippen LogP contribution in [0.5, 0.6) is 0 Å². The van der Waals surface area contributed by atoms with Crippen LogP contribution in [0.25, 0.3) is 0 Å². The van der Waals surface area contributed by atoms with E-state index in [1.165, 1.54) is 0 Å². The van der Waals surface area contributed by atoms with Crippen LogP contribution in [0.1, 0.15) is 10.4 Å². The normalized spacial score (nSPS) is 23.6. The van der Waals surface area contributed by atoms with Crippen LogP contribution in [0.15, 0.2) is 24.3 Å². The summed E-state index contributed by atoms with van der Waals surface area (Å²) in [6.45, 7) is 1.62. The van der Waals surface area contributed by atoms with Crippen LogP contribution >= 0.6 is 0 Å². The lowest BCUT2D eigenvalue weighted by molar-refractivity contribution is 0.0999. The molecule has 2 atom stereocenters. The predicted octanol–water partition coefficient (Wildman–Crippen LogP) is 0.184. The summed E-state index contributed by atoms with van der Waals surface area (Å²) < 4.78 is 5.36. The highest BCUT2D eigenvalue weighted by molar-refractivity contribution is 5.98. The van der Waals surface area contributed by atoms with Crippen LogP contribution in [0.2, 0.25) is 0 Å². The van der Waals surface area contributed by atoms with Gasteiger partial charge in [0.1, 0.15) is 0 Å². The molecule has 0 bridgehead atoms. The van der Waals surface area contributed by atoms with Gasteiger partial charge >= 0.3 is 0 Å². The van der Waals surface area contributed by atoms with Crippen molar-refractivity contribution in [2.75, 3.05) is 25.5 Å². The van der Waals surface area contributed by atoms with Crippen molar-refractivity contribution >= 4 is 11.6 Å². The molecular weight excluding hydrogens is 218 g/mol. The Labute approximate surface area is 100 Å². The van der Waals surface area contributed by atoms with E-state index in [2.05, 4.69) is 10.6 Å². The fourth-order valence-electron chi connectivity index (χ4n) is 2.07. The summed E-state index contributed by atoms with van der Waals surface area (Å²) in [6, 6.07) is 7.39. The SMILES string of the molecule is CO[C@@H]1CNCC1Nc1ccccc1C(N)=O. The van der Waals surface area contributed by atoms with E-state index in [0.717, 1.165) is 18.8 Å². The molecule has 2 rings (SSSR count). The van der Waals surface area contributed by atoms with Crippen molar-refractivity contribution in [2.45, 2.75) is 12.1 Å². The van der Waals surface area contributed by atoms with Crippen molar-refractivity contribution in [3.05, 3.63) is 29.8 Å². The zero-order valence-electron chi connectivity index (χ0n) is 9.77. The lowest BCUT2D eigenvalue weighted by atomic mass is 10.1. The first-order chi connectivity index (χ1) is 8.22. The third-order valence-electron chi connectivity index (χ3n) is 2.99. The van der Waals surface area contributed by atoms with Crippen molar-refractivity contribution in [3.63, 3.8) is 0 Å². The lowest BCUT2D eigenvalue weighted by Gasteiger charge is -2.20. The maximum Gasteiger partial charge on any atom is 0.250 e. The number of nitrogens with one attached hydrogen (secondary N) is 2. The Morgan fingerprint density at radius 2 is 2.24 bits per heavy atom. The molecule has 92 valence electrons. The van der Waals surface area contributed by atoms with E-state index < -0.39 is 5.91 Å². The molecule has 5 heteroatoms. The van der Waals surface area contributed by atoms with Gasteiger partial charge in [-0.1, -0.05) is 12.1 Å². The van der Waals surface area contributed by atoms with Crippen molar-refractivity contribution in [2.24, 2.45) is 5.73 Å². The minimum atomic E-state index is -0.423. The predicted molar refractivity (Wildman–Crippen MR) is 66.0 cm³/mol. The summed E-state index contributed by atoms with van der Waals surface area (Å²) in [5.74, 6) is -0.423. The van der Waals surface area contributed by atoms with Gasteiger partial charge in [-0.2, -0.15) is 0 Å². The average Bonchev–Trinajstić information content (AvgIpc) is 2.77. The molecule has 0 aromatic heterocycles. The molecule has 0 aliphatic carbocycles. The molecule has 1 aliphatic rings. The molecule has 0 radical (unpaired) electrons.